The van der Waals surface area contributed by atoms with Gasteiger partial charge in [0.2, 0.25) is 0 Å². The first-order valence-electron chi connectivity index (χ1n) is 4.24. The average Bonchev–Trinajstić information content (AvgIpc) is 1.92. The van der Waals surface area contributed by atoms with Crippen LogP contribution in [0.2, 0.25) is 0 Å². The summed E-state index contributed by atoms with van der Waals surface area (Å²) < 4.78 is 26.8. The first kappa shape index (κ1) is 11.2. The van der Waals surface area contributed by atoms with Crippen molar-refractivity contribution in [1.29, 1.82) is 0 Å². The van der Waals surface area contributed by atoms with E-state index in [0.717, 1.165) is 25.5 Å². The Labute approximate surface area is 84.1 Å². The van der Waals surface area contributed by atoms with Gasteiger partial charge in [-0.25, -0.2) is 0 Å². The average molecular weight is 229 g/mol. The molecular weight excluding hydrogens is 214 g/mol. The van der Waals surface area contributed by atoms with Crippen LogP contribution in [0.1, 0.15) is 19.3 Å². The van der Waals surface area contributed by atoms with Crippen LogP contribution in [0, 0.1) is 0 Å². The van der Waals surface area contributed by atoms with Crippen LogP contribution in [0.5, 0.6) is 0 Å². The van der Waals surface area contributed by atoms with Gasteiger partial charge in [0.1, 0.15) is 13.6 Å². The number of nitrogens with zero attached hydrogens (tertiary/aromatic N) is 1. The summed E-state index contributed by atoms with van der Waals surface area (Å²) in [5.41, 5.74) is -0.261. The number of rotatable bonds is 2. The third-order valence-corrected chi connectivity index (χ3v) is 3.44. The number of hydrogen-bond donors (Lipinski definition) is 0. The molecule has 1 fully saturated rings. The third kappa shape index (κ3) is 3.09. The van der Waals surface area contributed by atoms with Gasteiger partial charge < -0.3 is 0 Å². The van der Waals surface area contributed by atoms with Gasteiger partial charge in [0.05, 0.1) is 6.26 Å². The van der Waals surface area contributed by atoms with Crippen LogP contribution in [0.4, 0.5) is 0 Å². The van der Waals surface area contributed by atoms with E-state index in [2.05, 4.69) is 0 Å². The first-order valence-corrected chi connectivity index (χ1v) is 6.49. The number of hydroxylamine groups is 3. The molecule has 2 unspecified atom stereocenters. The lowest BCUT2D eigenvalue weighted by Crippen LogP contribution is -2.53. The minimum Gasteiger partial charge on any atom is -0.195 e. The lowest BCUT2D eigenvalue weighted by Gasteiger charge is -2.36. The first-order chi connectivity index (χ1) is 5.83. The van der Waals surface area contributed by atoms with E-state index in [9.17, 15) is 8.42 Å². The summed E-state index contributed by atoms with van der Waals surface area (Å²) >= 11 is 6.01. The summed E-state index contributed by atoms with van der Waals surface area (Å²) in [5.74, 6) is 0. The quantitative estimate of drug-likeness (QED) is 0.404. The molecule has 1 aliphatic rings. The highest BCUT2D eigenvalue weighted by Crippen LogP contribution is 2.27. The highest BCUT2D eigenvalue weighted by Gasteiger charge is 2.39. The van der Waals surface area contributed by atoms with E-state index >= 15 is 0 Å². The minimum absolute atomic E-state index is 0.0274. The van der Waals surface area contributed by atoms with Crippen molar-refractivity contribution in [2.24, 2.45) is 0 Å². The SMILES string of the molecule is C[N+]1(OS(C)(=O)=O)CCCCC1Cl. The zero-order valence-electron chi connectivity index (χ0n) is 7.86. The molecule has 6 heteroatoms. The van der Waals surface area contributed by atoms with E-state index < -0.39 is 10.1 Å². The lowest BCUT2D eigenvalue weighted by atomic mass is 10.1. The molecule has 1 heterocycles. The van der Waals surface area contributed by atoms with Crippen LogP contribution in [0.3, 0.4) is 0 Å². The standard InChI is InChI=1S/C7H15ClNO3S/c1-9(12-13(2,10)11)6-4-3-5-7(9)8/h7H,3-6H2,1-2H3/q+1. The molecule has 0 bridgehead atoms. The van der Waals surface area contributed by atoms with E-state index in [1.807, 2.05) is 0 Å². The van der Waals surface area contributed by atoms with E-state index in [1.54, 1.807) is 7.05 Å². The predicted octanol–water partition coefficient (Wildman–Crippen LogP) is 1.07. The van der Waals surface area contributed by atoms with Crippen molar-refractivity contribution in [2.75, 3.05) is 19.8 Å². The second kappa shape index (κ2) is 3.73. The zero-order valence-corrected chi connectivity index (χ0v) is 9.44. The van der Waals surface area contributed by atoms with Gasteiger partial charge in [-0.3, -0.25) is 0 Å². The molecule has 0 aliphatic carbocycles. The number of alkyl halides is 1. The van der Waals surface area contributed by atoms with Crippen molar-refractivity contribution in [3.8, 4) is 0 Å². The molecular formula is C7H15ClNO3S+. The largest absolute Gasteiger partial charge is 0.311 e. The van der Waals surface area contributed by atoms with Gasteiger partial charge >= 0.3 is 10.1 Å². The van der Waals surface area contributed by atoms with Crippen molar-refractivity contribution in [3.63, 3.8) is 0 Å². The van der Waals surface area contributed by atoms with Crippen molar-refractivity contribution in [3.05, 3.63) is 0 Å². The molecule has 13 heavy (non-hydrogen) atoms. The van der Waals surface area contributed by atoms with E-state index in [1.165, 1.54) is 0 Å². The molecule has 78 valence electrons. The second-order valence-electron chi connectivity index (χ2n) is 3.61. The fourth-order valence-electron chi connectivity index (χ4n) is 1.54. The summed E-state index contributed by atoms with van der Waals surface area (Å²) in [6, 6.07) is 0. The summed E-state index contributed by atoms with van der Waals surface area (Å²) in [6.07, 6.45) is 3.84. The molecule has 1 saturated heterocycles. The van der Waals surface area contributed by atoms with Gasteiger partial charge in [0.25, 0.3) is 0 Å². The molecule has 0 aromatic rings. The van der Waals surface area contributed by atoms with Gasteiger partial charge in [0.15, 0.2) is 5.50 Å². The van der Waals surface area contributed by atoms with Crippen molar-refractivity contribution in [2.45, 2.75) is 24.8 Å². The van der Waals surface area contributed by atoms with Crippen molar-refractivity contribution < 1.29 is 17.3 Å². The molecule has 1 aliphatic heterocycles. The third-order valence-electron chi connectivity index (χ3n) is 2.19. The molecule has 4 nitrogen and oxygen atoms in total. The maximum Gasteiger partial charge on any atom is 0.311 e. The molecule has 0 aromatic carbocycles. The van der Waals surface area contributed by atoms with E-state index in [-0.39, 0.29) is 10.1 Å². The zero-order chi connectivity index (χ0) is 10.1. The maximum atomic E-state index is 11.0. The lowest BCUT2D eigenvalue weighted by molar-refractivity contribution is -1.08. The van der Waals surface area contributed by atoms with Crippen LogP contribution in [-0.4, -0.2) is 38.4 Å². The van der Waals surface area contributed by atoms with Crippen molar-refractivity contribution in [1.82, 2.24) is 0 Å². The van der Waals surface area contributed by atoms with E-state index in [4.69, 9.17) is 15.9 Å². The Morgan fingerprint density at radius 1 is 1.46 bits per heavy atom. The van der Waals surface area contributed by atoms with Crippen LogP contribution in [-0.2, 0) is 14.4 Å². The van der Waals surface area contributed by atoms with Crippen molar-refractivity contribution >= 4 is 21.7 Å². The molecule has 0 amide bonds. The Balaban J connectivity index is 2.73. The fourth-order valence-corrected chi connectivity index (χ4v) is 2.68. The van der Waals surface area contributed by atoms with Gasteiger partial charge in [0, 0.05) is 6.42 Å². The molecule has 1 rings (SSSR count). The van der Waals surface area contributed by atoms with Crippen LogP contribution >= 0.6 is 11.6 Å². The van der Waals surface area contributed by atoms with Gasteiger partial charge in [-0.2, -0.15) is 8.42 Å². The summed E-state index contributed by atoms with van der Waals surface area (Å²) in [7, 11) is -1.72. The molecule has 0 saturated carbocycles. The Morgan fingerprint density at radius 2 is 2.08 bits per heavy atom. The summed E-state index contributed by atoms with van der Waals surface area (Å²) in [5, 5.41) is 0. The predicted molar refractivity (Wildman–Crippen MR) is 50.5 cm³/mol. The fraction of sp³-hybridized carbons (Fsp3) is 1.00. The van der Waals surface area contributed by atoms with Gasteiger partial charge in [-0.15, -0.1) is 4.65 Å². The number of halogens is 1. The Morgan fingerprint density at radius 3 is 2.54 bits per heavy atom. The number of hydrogen-bond acceptors (Lipinski definition) is 3. The van der Waals surface area contributed by atoms with Gasteiger partial charge in [-0.05, 0) is 12.8 Å². The molecule has 0 radical (unpaired) electrons. The Kier molecular flexibility index (Phi) is 3.22. The molecule has 0 spiro atoms. The van der Waals surface area contributed by atoms with Crippen LogP contribution in [0.15, 0.2) is 0 Å². The summed E-state index contributed by atoms with van der Waals surface area (Å²) in [6.45, 7) is 0.654. The number of likely N-dealkylation sites (tertiary alicyclic amines) is 1. The van der Waals surface area contributed by atoms with E-state index in [0.29, 0.717) is 6.54 Å². The Hall–Kier alpha value is 0.160. The number of piperidine rings is 1. The topological polar surface area (TPSA) is 43.4 Å². The second-order valence-corrected chi connectivity index (χ2v) is 5.67. The maximum absolute atomic E-state index is 11.0. The normalized spacial score (nSPS) is 36.1. The monoisotopic (exact) mass is 228 g/mol. The Bertz CT molecular complexity index is 279. The highest BCUT2D eigenvalue weighted by molar-refractivity contribution is 7.85. The smallest absolute Gasteiger partial charge is 0.195 e. The minimum atomic E-state index is -3.43. The van der Waals surface area contributed by atoms with Gasteiger partial charge in [-0.1, -0.05) is 15.9 Å². The molecule has 2 atom stereocenters. The molecule has 0 N–H and O–H groups in total. The summed E-state index contributed by atoms with van der Waals surface area (Å²) in [4.78, 5) is 0. The number of quaternary nitrogens is 1. The molecule has 0 aromatic heterocycles. The van der Waals surface area contributed by atoms with Crippen LogP contribution in [0.25, 0.3) is 0 Å². The van der Waals surface area contributed by atoms with Crippen LogP contribution < -0.4 is 0 Å². The highest BCUT2D eigenvalue weighted by atomic mass is 35.5.